The second-order valence-corrected chi connectivity index (χ2v) is 29.1. The summed E-state index contributed by atoms with van der Waals surface area (Å²) >= 11 is 0. The number of carbonyl (C=O) groups excluding carboxylic acids is 6. The molecule has 6 heterocycles. The van der Waals surface area contributed by atoms with Gasteiger partial charge in [0.05, 0.1) is 38.3 Å². The van der Waals surface area contributed by atoms with E-state index in [1.165, 1.54) is 60.4 Å². The number of carbonyl (C=O) groups is 4. The van der Waals surface area contributed by atoms with E-state index in [4.69, 9.17) is 28.4 Å². The molecule has 11 rings (SSSR count). The molecule has 2 aromatic heterocycles. The molecule has 5 fully saturated rings. The molecule has 26 heteroatoms. The van der Waals surface area contributed by atoms with Gasteiger partial charge >= 0.3 is 12.2 Å². The van der Waals surface area contributed by atoms with Crippen LogP contribution in [0.3, 0.4) is 0 Å². The van der Waals surface area contributed by atoms with Crippen molar-refractivity contribution in [2.75, 3.05) is 27.3 Å². The van der Waals surface area contributed by atoms with E-state index in [9.17, 15) is 28.8 Å². The Balaban J connectivity index is 0.000000241. The Bertz CT molecular complexity index is 3410. The van der Waals surface area contributed by atoms with Crippen LogP contribution in [0.4, 0.5) is 35.9 Å². The fourth-order valence-electron chi connectivity index (χ4n) is 15.6. The van der Waals surface area contributed by atoms with E-state index in [1.54, 1.807) is 55.4 Å². The fraction of sp³-hybridized carbons (Fsp3) is 0.657. The number of rotatable bonds is 6. The quantitative estimate of drug-likeness (QED) is 0.136. The number of aromatic nitrogens is 2. The first-order valence-corrected chi connectivity index (χ1v) is 33.2. The smallest absolute Gasteiger partial charge is 0.408 e. The molecule has 2 radical (unpaired) electrons. The molecule has 2 saturated heterocycles. The van der Waals surface area contributed by atoms with E-state index in [0.29, 0.717) is 74.7 Å². The summed E-state index contributed by atoms with van der Waals surface area (Å²) in [4.78, 5) is 91.1. The van der Waals surface area contributed by atoms with Crippen molar-refractivity contribution >= 4 is 58.4 Å². The first kappa shape index (κ1) is 75.8. The van der Waals surface area contributed by atoms with Gasteiger partial charge in [0.25, 0.3) is 11.8 Å². The number of ether oxygens (including phenoxy) is 6. The zero-order valence-electron chi connectivity index (χ0n) is 56.3. The largest absolute Gasteiger partial charge is 0.540 e. The molecule has 2 aromatic carbocycles. The molecule has 2 N–H and O–H groups in total. The molecular weight excluding hydrogens is 1330 g/mol. The van der Waals surface area contributed by atoms with E-state index in [2.05, 4.69) is 20.6 Å². The number of nitrogens with one attached hydrogen (secondary N) is 2. The van der Waals surface area contributed by atoms with Gasteiger partial charge in [-0.15, -0.1) is 0 Å². The standard InChI is InChI=1S/C35H43F3N3O6.C35H45F3N3O6.2V/c1-6-20-25(17-42)41-16-27(20)46-31-28(29(36)22-11-10-19(45-5)15-24(22)39-31)35(37,38)12-8-7-9-21-23-13-18(23)14-26(21)47-33(44)40-30(32(41)43)34(2,3)4;1-7-22-25(19-42)41-18-26(22)46-30-27(28(36)23-14-13-21(45-6)17-24(23)39-30)35(37,38)16-9-8-11-20-12-10-15-34(20,5)47-32(44)40-29(31(41)43)33(2,3)4;;/h10-11,15,18,20-21,23,25-27,30H,6-9,12-14,16H2,1-5H3,(H,40,44);13-14,17,20,22,25-26,29H,7-12,15-16,18H2,1-6H3,(H,40,44);;/q2*-1;;/t18?,20-,21+,23?,25+,26+,27-,30+;20-,22+,25-,26+,29-,34-;;/m01../s1. The summed E-state index contributed by atoms with van der Waals surface area (Å²) in [6.45, 7) is 15.8. The van der Waals surface area contributed by atoms with Gasteiger partial charge in [-0.1, -0.05) is 93.2 Å². The Labute approximate surface area is 581 Å². The number of nitrogens with zero attached hydrogens (tertiary/aromatic N) is 4. The zero-order chi connectivity index (χ0) is 68.1. The maximum absolute atomic E-state index is 16.2. The number of benzene rings is 2. The third-order valence-corrected chi connectivity index (χ3v) is 20.9. The number of fused-ring (bicyclic) bond motifs is 12. The average Bonchev–Trinajstić information content (AvgIpc) is 1.14. The van der Waals surface area contributed by atoms with Crippen molar-refractivity contribution in [2.45, 2.75) is 219 Å². The molecule has 3 aliphatic carbocycles. The minimum Gasteiger partial charge on any atom is -0.540 e. The number of amides is 4. The van der Waals surface area contributed by atoms with Crippen molar-refractivity contribution in [3.05, 3.63) is 59.2 Å². The molecule has 4 bridgehead atoms. The van der Waals surface area contributed by atoms with E-state index in [-0.39, 0.29) is 103 Å². The molecule has 524 valence electrons. The van der Waals surface area contributed by atoms with Crippen LogP contribution in [0.2, 0.25) is 0 Å². The Hall–Kier alpha value is -5.97. The molecule has 96 heavy (non-hydrogen) atoms. The van der Waals surface area contributed by atoms with Gasteiger partial charge in [-0.3, -0.25) is 9.59 Å². The Morgan fingerprint density at radius 1 is 0.604 bits per heavy atom. The monoisotopic (exact) mass is 1420 g/mol. The van der Waals surface area contributed by atoms with E-state index in [0.717, 1.165) is 19.3 Å². The summed E-state index contributed by atoms with van der Waals surface area (Å²) in [7, 11) is 2.86. The van der Waals surface area contributed by atoms with Gasteiger partial charge in [-0.2, -0.15) is 0 Å². The SMILES string of the molecule is CC[C@@H]1[C@@H]2CN(C(=O)[C@H](C(C)(C)C)NC(=O)O[C@@H]3CC4CC4[C@H]3CCCCC(F)(F)c3c(nc4cc(OC)ccc4c3F)O2)[C@@H]1[C-]=O.CC[C@@H]1[C@@H]2CN(C(=O)[C@H](C(C)(C)C)NC(=O)O[C@]3(C)CCC[C@H]3CCCCC(F)(F)c3c(nc4cc(OC)ccc4c3F)O2)[C@@H]1[C-]=O.[V].[V]. The van der Waals surface area contributed by atoms with Gasteiger partial charge in [0.15, 0.2) is 0 Å². The van der Waals surface area contributed by atoms with Crippen LogP contribution in [0.5, 0.6) is 23.3 Å². The summed E-state index contributed by atoms with van der Waals surface area (Å²) in [6, 6.07) is 4.18. The fourth-order valence-corrected chi connectivity index (χ4v) is 15.6. The van der Waals surface area contributed by atoms with Crippen LogP contribution in [-0.2, 0) is 77.6 Å². The Morgan fingerprint density at radius 2 is 1.05 bits per heavy atom. The van der Waals surface area contributed by atoms with Gasteiger partial charge in [0.2, 0.25) is 23.6 Å². The first-order valence-electron chi connectivity index (χ1n) is 33.2. The number of hydrogen-bond acceptors (Lipinski definition) is 14. The van der Waals surface area contributed by atoms with Gasteiger partial charge in [-0.05, 0) is 135 Å². The number of alkyl halides is 4. The number of pyridine rings is 2. The molecule has 3 saturated carbocycles. The van der Waals surface area contributed by atoms with Crippen molar-refractivity contribution < 1.29 is 121 Å². The summed E-state index contributed by atoms with van der Waals surface area (Å²) in [5.74, 6) is -11.7. The molecular formula is C70H88F6N6O12V2-2. The van der Waals surface area contributed by atoms with E-state index < -0.39 is 148 Å². The van der Waals surface area contributed by atoms with Gasteiger partial charge < -0.3 is 58.4 Å². The van der Waals surface area contributed by atoms with Crippen LogP contribution in [0, 0.1) is 58.0 Å². The summed E-state index contributed by atoms with van der Waals surface area (Å²) in [5.41, 5.74) is -4.17. The van der Waals surface area contributed by atoms with Crippen molar-refractivity contribution in [2.24, 2.45) is 46.3 Å². The minimum absolute atomic E-state index is 0. The third-order valence-electron chi connectivity index (χ3n) is 20.9. The second kappa shape index (κ2) is 29.8. The van der Waals surface area contributed by atoms with Crippen molar-refractivity contribution in [3.63, 3.8) is 0 Å². The molecule has 14 atom stereocenters. The molecule has 4 aliphatic heterocycles. The predicted molar refractivity (Wildman–Crippen MR) is 335 cm³/mol. The topological polar surface area (TPSA) is 214 Å². The Kier molecular flexibility index (Phi) is 23.6. The van der Waals surface area contributed by atoms with Gasteiger partial charge in [0, 0.05) is 72.9 Å². The minimum atomic E-state index is -3.65. The third kappa shape index (κ3) is 15.4. The number of alkyl carbamates (subject to hydrolysis) is 2. The van der Waals surface area contributed by atoms with Crippen LogP contribution in [-0.4, -0.2) is 132 Å². The normalized spacial score (nSPS) is 30.8. The summed E-state index contributed by atoms with van der Waals surface area (Å²) in [6.07, 6.45) is 5.45. The van der Waals surface area contributed by atoms with Crippen LogP contribution in [0.25, 0.3) is 21.8 Å². The van der Waals surface area contributed by atoms with E-state index >= 15 is 26.3 Å². The molecule has 4 amide bonds. The second-order valence-electron chi connectivity index (χ2n) is 29.1. The predicted octanol–water partition coefficient (Wildman–Crippen LogP) is 13.1. The summed E-state index contributed by atoms with van der Waals surface area (Å²) < 4.78 is 132. The maximum Gasteiger partial charge on any atom is 0.408 e. The number of halogens is 6. The van der Waals surface area contributed by atoms with Crippen LogP contribution in [0.15, 0.2) is 36.4 Å². The number of methoxy groups -OCH3 is 2. The first-order chi connectivity index (χ1) is 44.4. The van der Waals surface area contributed by atoms with Crippen molar-refractivity contribution in [1.29, 1.82) is 0 Å². The van der Waals surface area contributed by atoms with Crippen LogP contribution in [0.1, 0.15) is 170 Å². The molecule has 18 nitrogen and oxygen atoms in total. The maximum atomic E-state index is 16.2. The molecule has 2 unspecified atom stereocenters. The Morgan fingerprint density at radius 3 is 1.49 bits per heavy atom. The van der Waals surface area contributed by atoms with Crippen molar-refractivity contribution in [3.8, 4) is 23.3 Å². The summed E-state index contributed by atoms with van der Waals surface area (Å²) in [5, 5.41) is 5.36. The van der Waals surface area contributed by atoms with Crippen LogP contribution >= 0.6 is 0 Å². The van der Waals surface area contributed by atoms with Crippen molar-refractivity contribution in [1.82, 2.24) is 30.4 Å². The van der Waals surface area contributed by atoms with Gasteiger partial charge in [0.1, 0.15) is 70.3 Å². The average molecular weight is 1420 g/mol. The van der Waals surface area contributed by atoms with Gasteiger partial charge in [-0.25, -0.2) is 58.5 Å². The zero-order valence-corrected chi connectivity index (χ0v) is 59.1. The van der Waals surface area contributed by atoms with Crippen LogP contribution < -0.4 is 29.6 Å². The van der Waals surface area contributed by atoms with E-state index in [1.807, 2.05) is 19.5 Å². The molecule has 7 aliphatic rings. The molecule has 0 spiro atoms. The number of hydrogen-bond donors (Lipinski definition) is 2. The molecule has 4 aromatic rings.